The van der Waals surface area contributed by atoms with Crippen LogP contribution in [0.4, 0.5) is 0 Å². The summed E-state index contributed by atoms with van der Waals surface area (Å²) >= 11 is 0. The van der Waals surface area contributed by atoms with Crippen molar-refractivity contribution < 1.29 is 14.3 Å². The van der Waals surface area contributed by atoms with Gasteiger partial charge in [0, 0.05) is 18.7 Å². The summed E-state index contributed by atoms with van der Waals surface area (Å²) in [6, 6.07) is 5.71. The lowest BCUT2D eigenvalue weighted by Gasteiger charge is -2.29. The number of carbonyl (C=O) groups is 1. The fraction of sp³-hybridized carbons (Fsp3) is 0.389. The quantitative estimate of drug-likeness (QED) is 0.852. The van der Waals surface area contributed by atoms with Gasteiger partial charge in [-0.25, -0.2) is 0 Å². The van der Waals surface area contributed by atoms with E-state index in [-0.39, 0.29) is 12.5 Å². The zero-order chi connectivity index (χ0) is 17.4. The van der Waals surface area contributed by atoms with E-state index in [2.05, 4.69) is 14.8 Å². The highest BCUT2D eigenvalue weighted by molar-refractivity contribution is 5.99. The van der Waals surface area contributed by atoms with Gasteiger partial charge in [0.25, 0.3) is 5.91 Å². The molecule has 1 aromatic carbocycles. The molecule has 0 atom stereocenters. The Morgan fingerprint density at radius 3 is 3.04 bits per heavy atom. The molecule has 0 N–H and O–H groups in total. The maximum Gasteiger partial charge on any atom is 0.253 e. The van der Waals surface area contributed by atoms with Crippen molar-refractivity contribution in [3.8, 4) is 11.5 Å². The number of hydrogen-bond acceptors (Lipinski definition) is 5. The molecule has 7 nitrogen and oxygen atoms in total. The molecule has 25 heavy (non-hydrogen) atoms. The minimum absolute atomic E-state index is 0.0145. The van der Waals surface area contributed by atoms with Crippen molar-refractivity contribution in [2.75, 3.05) is 19.8 Å². The molecule has 0 saturated heterocycles. The van der Waals surface area contributed by atoms with Crippen molar-refractivity contribution in [3.05, 3.63) is 41.0 Å². The van der Waals surface area contributed by atoms with Gasteiger partial charge in [-0.05, 0) is 26.0 Å². The lowest BCUT2D eigenvalue weighted by molar-refractivity contribution is -0.128. The average molecular weight is 340 g/mol. The lowest BCUT2D eigenvalue weighted by Crippen LogP contribution is -2.40. The molecule has 2 aliphatic rings. The van der Waals surface area contributed by atoms with Crippen LogP contribution in [0.5, 0.6) is 11.5 Å². The standard InChI is InChI=1S/C18H20N4O3/c1-3-24-15-6-4-5-13-9-14(11-25-17(13)15)18(23)21-7-8-22-12(2)19-20-16(22)10-21/h4-6,9H,3,7-8,10-11H2,1-2H3. The number of fused-ring (bicyclic) bond motifs is 2. The molecule has 2 aliphatic heterocycles. The second-order valence-corrected chi connectivity index (χ2v) is 6.11. The van der Waals surface area contributed by atoms with Gasteiger partial charge in [-0.1, -0.05) is 12.1 Å². The topological polar surface area (TPSA) is 69.5 Å². The first-order valence-corrected chi connectivity index (χ1v) is 8.44. The summed E-state index contributed by atoms with van der Waals surface area (Å²) in [4.78, 5) is 14.7. The van der Waals surface area contributed by atoms with Crippen LogP contribution in [-0.2, 0) is 17.9 Å². The zero-order valence-electron chi connectivity index (χ0n) is 14.4. The third-order valence-electron chi connectivity index (χ3n) is 4.51. The molecule has 0 radical (unpaired) electrons. The fourth-order valence-electron chi connectivity index (χ4n) is 3.25. The molecule has 130 valence electrons. The van der Waals surface area contributed by atoms with Crippen molar-refractivity contribution in [3.63, 3.8) is 0 Å². The SMILES string of the molecule is CCOc1cccc2c1OCC(C(=O)N1CCn3c(C)nnc3C1)=C2. The minimum atomic E-state index is -0.0145. The van der Waals surface area contributed by atoms with Gasteiger partial charge in [0.2, 0.25) is 0 Å². The van der Waals surface area contributed by atoms with Gasteiger partial charge >= 0.3 is 0 Å². The Hall–Kier alpha value is -2.83. The first-order chi connectivity index (χ1) is 12.2. The number of carbonyl (C=O) groups excluding carboxylic acids is 1. The second-order valence-electron chi connectivity index (χ2n) is 6.11. The number of benzene rings is 1. The molecule has 0 saturated carbocycles. The van der Waals surface area contributed by atoms with Gasteiger partial charge in [0.05, 0.1) is 18.7 Å². The molecule has 0 unspecified atom stereocenters. The minimum Gasteiger partial charge on any atom is -0.490 e. The third kappa shape index (κ3) is 2.75. The Kier molecular flexibility index (Phi) is 3.91. The van der Waals surface area contributed by atoms with Gasteiger partial charge in [0.15, 0.2) is 17.3 Å². The highest BCUT2D eigenvalue weighted by Crippen LogP contribution is 2.36. The van der Waals surface area contributed by atoms with Crippen LogP contribution >= 0.6 is 0 Å². The maximum atomic E-state index is 12.9. The van der Waals surface area contributed by atoms with Crippen molar-refractivity contribution in [1.29, 1.82) is 0 Å². The molecule has 4 rings (SSSR count). The molecule has 1 aromatic heterocycles. The molecule has 3 heterocycles. The van der Waals surface area contributed by atoms with E-state index in [4.69, 9.17) is 9.47 Å². The Morgan fingerprint density at radius 2 is 2.20 bits per heavy atom. The number of hydrogen-bond donors (Lipinski definition) is 0. The Labute approximate surface area is 145 Å². The number of amides is 1. The number of aromatic nitrogens is 3. The predicted octanol–water partition coefficient (Wildman–Crippen LogP) is 1.80. The molecule has 1 amide bonds. The van der Waals surface area contributed by atoms with Crippen molar-refractivity contribution in [2.24, 2.45) is 0 Å². The highest BCUT2D eigenvalue weighted by atomic mass is 16.5. The molecule has 0 spiro atoms. The molecule has 2 aromatic rings. The molecular formula is C18H20N4O3. The predicted molar refractivity (Wildman–Crippen MR) is 91.3 cm³/mol. The summed E-state index contributed by atoms with van der Waals surface area (Å²) in [5.74, 6) is 3.12. The number of nitrogens with zero attached hydrogens (tertiary/aromatic N) is 4. The van der Waals surface area contributed by atoms with Gasteiger partial charge < -0.3 is 18.9 Å². The average Bonchev–Trinajstić information content (AvgIpc) is 3.01. The summed E-state index contributed by atoms with van der Waals surface area (Å²) < 4.78 is 13.5. The molecule has 7 heteroatoms. The summed E-state index contributed by atoms with van der Waals surface area (Å²) in [6.45, 7) is 6.53. The first-order valence-electron chi connectivity index (χ1n) is 8.44. The van der Waals surface area contributed by atoms with E-state index < -0.39 is 0 Å². The van der Waals surface area contributed by atoms with Crippen LogP contribution in [0.2, 0.25) is 0 Å². The largest absolute Gasteiger partial charge is 0.490 e. The first kappa shape index (κ1) is 15.7. The van der Waals surface area contributed by atoms with Gasteiger partial charge in [-0.15, -0.1) is 10.2 Å². The van der Waals surface area contributed by atoms with E-state index in [0.717, 1.165) is 23.8 Å². The van der Waals surface area contributed by atoms with Crippen LogP contribution in [0.1, 0.15) is 24.1 Å². The van der Waals surface area contributed by atoms with Crippen LogP contribution in [0.25, 0.3) is 6.08 Å². The van der Waals surface area contributed by atoms with Gasteiger partial charge in [-0.3, -0.25) is 4.79 Å². The molecule has 0 bridgehead atoms. The maximum absolute atomic E-state index is 12.9. The number of para-hydroxylation sites is 1. The van der Waals surface area contributed by atoms with Crippen LogP contribution < -0.4 is 9.47 Å². The molecular weight excluding hydrogens is 320 g/mol. The van der Waals surface area contributed by atoms with E-state index in [1.165, 1.54) is 0 Å². The van der Waals surface area contributed by atoms with Crippen molar-refractivity contribution >= 4 is 12.0 Å². The number of aryl methyl sites for hydroxylation is 1. The summed E-state index contributed by atoms with van der Waals surface area (Å²) in [7, 11) is 0. The third-order valence-corrected chi connectivity index (χ3v) is 4.51. The second kappa shape index (κ2) is 6.23. The smallest absolute Gasteiger partial charge is 0.253 e. The summed E-state index contributed by atoms with van der Waals surface area (Å²) in [6.07, 6.45) is 1.90. The number of rotatable bonds is 3. The normalized spacial score (nSPS) is 15.8. The monoisotopic (exact) mass is 340 g/mol. The van der Waals surface area contributed by atoms with Crippen LogP contribution in [0, 0.1) is 6.92 Å². The highest BCUT2D eigenvalue weighted by Gasteiger charge is 2.28. The van der Waals surface area contributed by atoms with E-state index in [1.807, 2.05) is 38.1 Å². The van der Waals surface area contributed by atoms with E-state index in [9.17, 15) is 4.79 Å². The zero-order valence-corrected chi connectivity index (χ0v) is 14.4. The molecule has 0 aliphatic carbocycles. The van der Waals surface area contributed by atoms with Crippen molar-refractivity contribution in [1.82, 2.24) is 19.7 Å². The van der Waals surface area contributed by atoms with Crippen LogP contribution in [0.15, 0.2) is 23.8 Å². The Bertz CT molecular complexity index is 856. The Balaban J connectivity index is 1.57. The van der Waals surface area contributed by atoms with Crippen LogP contribution in [-0.4, -0.2) is 45.3 Å². The lowest BCUT2D eigenvalue weighted by atomic mass is 10.1. The van der Waals surface area contributed by atoms with Gasteiger partial charge in [0.1, 0.15) is 12.4 Å². The van der Waals surface area contributed by atoms with Crippen molar-refractivity contribution in [2.45, 2.75) is 26.9 Å². The van der Waals surface area contributed by atoms with Gasteiger partial charge in [-0.2, -0.15) is 0 Å². The Morgan fingerprint density at radius 1 is 1.32 bits per heavy atom. The molecule has 0 fully saturated rings. The summed E-state index contributed by atoms with van der Waals surface area (Å²) in [5, 5.41) is 8.24. The van der Waals surface area contributed by atoms with Crippen LogP contribution in [0.3, 0.4) is 0 Å². The van der Waals surface area contributed by atoms with E-state index >= 15 is 0 Å². The summed E-state index contributed by atoms with van der Waals surface area (Å²) in [5.41, 5.74) is 1.52. The van der Waals surface area contributed by atoms with E-state index in [1.54, 1.807) is 4.90 Å². The fourth-order valence-corrected chi connectivity index (χ4v) is 3.25. The van der Waals surface area contributed by atoms with E-state index in [0.29, 0.717) is 36.8 Å². The number of ether oxygens (including phenoxy) is 2.